The van der Waals surface area contributed by atoms with Crippen molar-refractivity contribution in [3.8, 4) is 0 Å². The normalized spacial score (nSPS) is 18.9. The Morgan fingerprint density at radius 1 is 0.893 bits per heavy atom. The van der Waals surface area contributed by atoms with Crippen LogP contribution in [0.5, 0.6) is 0 Å². The lowest BCUT2D eigenvalue weighted by Crippen LogP contribution is -2.44. The minimum atomic E-state index is -0.710. The monoisotopic (exact) mass is 408 g/mol. The Hall–Kier alpha value is -1.38. The van der Waals surface area contributed by atoms with E-state index in [0.717, 1.165) is 11.3 Å². The summed E-state index contributed by atoms with van der Waals surface area (Å²) in [4.78, 5) is 26.5. The SMILES string of the molecule is CC(C)(C)NC(=O)c1cc(B2OC(C)(C)C(C)(C)O2)c(C(=O)NC(C)(C)C)s1. The minimum absolute atomic E-state index is 0.218. The third-order valence-electron chi connectivity index (χ3n) is 4.68. The van der Waals surface area contributed by atoms with E-state index in [1.54, 1.807) is 6.07 Å². The lowest BCUT2D eigenvalue weighted by atomic mass is 9.78. The van der Waals surface area contributed by atoms with Gasteiger partial charge in [0.2, 0.25) is 0 Å². The Labute approximate surface area is 172 Å². The van der Waals surface area contributed by atoms with Crippen molar-refractivity contribution in [1.82, 2.24) is 10.6 Å². The number of thiophene rings is 1. The molecule has 0 unspecified atom stereocenters. The zero-order chi connectivity index (χ0) is 21.7. The summed E-state index contributed by atoms with van der Waals surface area (Å²) in [6.45, 7) is 19.3. The van der Waals surface area contributed by atoms with Crippen molar-refractivity contribution in [2.45, 2.75) is 91.5 Å². The van der Waals surface area contributed by atoms with E-state index in [-0.39, 0.29) is 17.4 Å². The summed E-state index contributed by atoms with van der Waals surface area (Å²) < 4.78 is 12.3. The van der Waals surface area contributed by atoms with Crippen LogP contribution >= 0.6 is 11.3 Å². The number of carbonyl (C=O) groups excluding carboxylic acids is 2. The van der Waals surface area contributed by atoms with Gasteiger partial charge in [-0.25, -0.2) is 0 Å². The number of nitrogens with one attached hydrogen (secondary N) is 2. The summed E-state index contributed by atoms with van der Waals surface area (Å²) in [5, 5.41) is 5.91. The van der Waals surface area contributed by atoms with Gasteiger partial charge in [0.15, 0.2) is 0 Å². The molecular formula is C20H33BN2O4S. The van der Waals surface area contributed by atoms with Gasteiger partial charge in [-0.1, -0.05) is 0 Å². The third-order valence-corrected chi connectivity index (χ3v) is 5.82. The average molecular weight is 408 g/mol. The van der Waals surface area contributed by atoms with Crippen molar-refractivity contribution in [2.24, 2.45) is 0 Å². The van der Waals surface area contributed by atoms with Gasteiger partial charge in [0.05, 0.1) is 21.0 Å². The van der Waals surface area contributed by atoms with E-state index in [0.29, 0.717) is 15.2 Å². The molecule has 1 aromatic rings. The number of hydrogen-bond donors (Lipinski definition) is 2. The molecule has 2 rings (SSSR count). The fourth-order valence-corrected chi connectivity index (χ4v) is 3.61. The summed E-state index contributed by atoms with van der Waals surface area (Å²) in [7, 11) is -0.710. The Morgan fingerprint density at radius 2 is 1.32 bits per heavy atom. The van der Waals surface area contributed by atoms with Crippen LogP contribution in [0.4, 0.5) is 0 Å². The molecule has 0 aliphatic carbocycles. The summed E-state index contributed by atoms with van der Waals surface area (Å²) in [5.74, 6) is -0.456. The molecule has 28 heavy (non-hydrogen) atoms. The Balaban J connectivity index is 2.45. The maximum absolute atomic E-state index is 12.9. The van der Waals surface area contributed by atoms with Crippen molar-refractivity contribution >= 4 is 35.7 Å². The van der Waals surface area contributed by atoms with Gasteiger partial charge < -0.3 is 19.9 Å². The first-order chi connectivity index (χ1) is 12.4. The molecule has 2 amide bonds. The molecule has 0 atom stereocenters. The molecule has 156 valence electrons. The largest absolute Gasteiger partial charge is 0.496 e. The quantitative estimate of drug-likeness (QED) is 0.754. The standard InChI is InChI=1S/C20H33BN2O4S/c1-17(2,3)22-15(24)13-11-12(14(28-13)16(25)23-18(4,5)6)21-26-19(7,8)20(9,10)27-21/h11H,1-10H3,(H,22,24)(H,23,25). The molecule has 1 aromatic heterocycles. The van der Waals surface area contributed by atoms with Crippen LogP contribution in [0.25, 0.3) is 0 Å². The Morgan fingerprint density at radius 3 is 1.75 bits per heavy atom. The molecule has 6 nitrogen and oxygen atoms in total. The topological polar surface area (TPSA) is 76.7 Å². The third kappa shape index (κ3) is 5.16. The van der Waals surface area contributed by atoms with Gasteiger partial charge in [-0.3, -0.25) is 9.59 Å². The molecule has 0 saturated carbocycles. The first kappa shape index (κ1) is 22.9. The summed E-state index contributed by atoms with van der Waals surface area (Å²) in [5.41, 5.74) is -1.26. The zero-order valence-electron chi connectivity index (χ0n) is 18.7. The Bertz CT molecular complexity index is 756. The van der Waals surface area contributed by atoms with Gasteiger partial charge in [-0.15, -0.1) is 11.3 Å². The minimum Gasteiger partial charge on any atom is -0.399 e. The van der Waals surface area contributed by atoms with E-state index in [2.05, 4.69) is 10.6 Å². The van der Waals surface area contributed by atoms with Gasteiger partial charge in [-0.2, -0.15) is 0 Å². The highest BCUT2D eigenvalue weighted by atomic mass is 32.1. The van der Waals surface area contributed by atoms with Crippen LogP contribution in [0.3, 0.4) is 0 Å². The van der Waals surface area contributed by atoms with Crippen molar-refractivity contribution in [1.29, 1.82) is 0 Å². The fraction of sp³-hybridized carbons (Fsp3) is 0.700. The number of amides is 2. The second kappa shape index (κ2) is 7.15. The van der Waals surface area contributed by atoms with Crippen molar-refractivity contribution < 1.29 is 18.9 Å². The second-order valence-corrected chi connectivity index (χ2v) is 11.4. The summed E-state index contributed by atoms with van der Waals surface area (Å²) >= 11 is 1.16. The average Bonchev–Trinajstić information content (AvgIpc) is 2.95. The first-order valence-electron chi connectivity index (χ1n) is 9.56. The van der Waals surface area contributed by atoms with Crippen molar-refractivity contribution in [3.05, 3.63) is 15.8 Å². The molecule has 1 aliphatic rings. The maximum atomic E-state index is 12.9. The highest BCUT2D eigenvalue weighted by molar-refractivity contribution is 7.17. The van der Waals surface area contributed by atoms with Crippen molar-refractivity contribution in [3.63, 3.8) is 0 Å². The van der Waals surface area contributed by atoms with Gasteiger partial charge in [0, 0.05) is 16.5 Å². The molecule has 0 aromatic carbocycles. The predicted molar refractivity (Wildman–Crippen MR) is 114 cm³/mol. The molecular weight excluding hydrogens is 375 g/mol. The zero-order valence-corrected chi connectivity index (χ0v) is 19.5. The van der Waals surface area contributed by atoms with Crippen LogP contribution in [0.1, 0.15) is 88.6 Å². The van der Waals surface area contributed by atoms with Crippen molar-refractivity contribution in [2.75, 3.05) is 0 Å². The van der Waals surface area contributed by atoms with E-state index < -0.39 is 23.9 Å². The van der Waals surface area contributed by atoms with Crippen LogP contribution in [0.15, 0.2) is 6.07 Å². The number of hydrogen-bond acceptors (Lipinski definition) is 5. The highest BCUT2D eigenvalue weighted by Crippen LogP contribution is 2.37. The second-order valence-electron chi connectivity index (χ2n) is 10.4. The van der Waals surface area contributed by atoms with Gasteiger partial charge >= 0.3 is 7.12 Å². The lowest BCUT2D eigenvalue weighted by molar-refractivity contribution is 0.00578. The predicted octanol–water partition coefficient (Wildman–Crippen LogP) is 3.10. The van der Waals surface area contributed by atoms with Crippen LogP contribution in [0.2, 0.25) is 0 Å². The molecule has 1 aliphatic heterocycles. The van der Waals surface area contributed by atoms with Gasteiger partial charge in [-0.05, 0) is 75.3 Å². The van der Waals surface area contributed by atoms with E-state index in [9.17, 15) is 9.59 Å². The van der Waals surface area contributed by atoms with Crippen LogP contribution in [-0.4, -0.2) is 41.2 Å². The number of rotatable bonds is 3. The van der Waals surface area contributed by atoms with E-state index >= 15 is 0 Å². The molecule has 0 radical (unpaired) electrons. The van der Waals surface area contributed by atoms with E-state index in [1.807, 2.05) is 69.2 Å². The summed E-state index contributed by atoms with van der Waals surface area (Å²) in [6, 6.07) is 1.71. The molecule has 2 heterocycles. The molecule has 0 spiro atoms. The van der Waals surface area contributed by atoms with Crippen LogP contribution in [0, 0.1) is 0 Å². The first-order valence-corrected chi connectivity index (χ1v) is 10.4. The van der Waals surface area contributed by atoms with Crippen LogP contribution in [-0.2, 0) is 9.31 Å². The lowest BCUT2D eigenvalue weighted by Gasteiger charge is -2.32. The molecule has 2 N–H and O–H groups in total. The van der Waals surface area contributed by atoms with E-state index in [4.69, 9.17) is 9.31 Å². The van der Waals surface area contributed by atoms with E-state index in [1.165, 1.54) is 0 Å². The molecule has 8 heteroatoms. The van der Waals surface area contributed by atoms with Crippen LogP contribution < -0.4 is 16.1 Å². The maximum Gasteiger partial charge on any atom is 0.496 e. The highest BCUT2D eigenvalue weighted by Gasteiger charge is 2.53. The van der Waals surface area contributed by atoms with Gasteiger partial charge in [0.25, 0.3) is 11.8 Å². The molecule has 0 bridgehead atoms. The molecule has 1 fully saturated rings. The Kier molecular flexibility index (Phi) is 5.85. The summed E-state index contributed by atoms with van der Waals surface area (Å²) in [6.07, 6.45) is 0. The smallest absolute Gasteiger partial charge is 0.399 e. The number of carbonyl (C=O) groups is 2. The fourth-order valence-electron chi connectivity index (χ4n) is 2.64. The molecule has 1 saturated heterocycles. The van der Waals surface area contributed by atoms with Gasteiger partial charge in [0.1, 0.15) is 0 Å².